The van der Waals surface area contributed by atoms with Gasteiger partial charge >= 0.3 is 5.97 Å². The van der Waals surface area contributed by atoms with E-state index in [4.69, 9.17) is 9.47 Å². The first-order valence-corrected chi connectivity index (χ1v) is 12.0. The average Bonchev–Trinajstić information content (AvgIpc) is 2.77. The SMILES string of the molecule is CCCc1cc2c(cc1C#Cc1ccc(C(CCC)C(=O)OCC)cc1)C(C)(C)CCO2. The molecule has 1 unspecified atom stereocenters. The largest absolute Gasteiger partial charge is 0.493 e. The molecular weight excluding hydrogens is 396 g/mol. The summed E-state index contributed by atoms with van der Waals surface area (Å²) in [6.45, 7) is 11.9. The van der Waals surface area contributed by atoms with Gasteiger partial charge in [0.15, 0.2) is 0 Å². The van der Waals surface area contributed by atoms with Crippen LogP contribution in [0.4, 0.5) is 0 Å². The van der Waals surface area contributed by atoms with Gasteiger partial charge in [0.2, 0.25) is 0 Å². The number of esters is 1. The number of fused-ring (bicyclic) bond motifs is 1. The molecule has 0 amide bonds. The van der Waals surface area contributed by atoms with Crippen molar-refractivity contribution in [2.45, 2.75) is 78.1 Å². The molecule has 0 saturated heterocycles. The minimum Gasteiger partial charge on any atom is -0.493 e. The standard InChI is InChI=1S/C29H36O3/c1-6-9-23-20-27-26(29(4,5)17-18-32-27)19-24(23)16-13-21-11-14-22(15-12-21)25(10-7-2)28(30)31-8-3/h11-12,14-15,19-20,25H,6-10,17-18H2,1-5H3. The Bertz CT molecular complexity index is 990. The zero-order valence-electron chi connectivity index (χ0n) is 20.2. The topological polar surface area (TPSA) is 35.5 Å². The lowest BCUT2D eigenvalue weighted by molar-refractivity contribution is -0.145. The smallest absolute Gasteiger partial charge is 0.313 e. The van der Waals surface area contributed by atoms with Crippen LogP contribution in [-0.2, 0) is 21.4 Å². The molecule has 0 aliphatic carbocycles. The van der Waals surface area contributed by atoms with Crippen LogP contribution in [0, 0.1) is 11.8 Å². The van der Waals surface area contributed by atoms with Crippen LogP contribution in [0.3, 0.4) is 0 Å². The molecule has 2 aromatic rings. The minimum absolute atomic E-state index is 0.0950. The van der Waals surface area contributed by atoms with Gasteiger partial charge in [-0.05, 0) is 67.0 Å². The van der Waals surface area contributed by atoms with Crippen LogP contribution in [-0.4, -0.2) is 19.2 Å². The van der Waals surface area contributed by atoms with E-state index in [1.165, 1.54) is 11.1 Å². The van der Waals surface area contributed by atoms with Crippen LogP contribution in [0.1, 0.15) is 94.0 Å². The summed E-state index contributed by atoms with van der Waals surface area (Å²) in [6.07, 6.45) is 4.79. The van der Waals surface area contributed by atoms with Gasteiger partial charge in [0.1, 0.15) is 5.75 Å². The van der Waals surface area contributed by atoms with Gasteiger partial charge in [0.05, 0.1) is 19.1 Å². The maximum Gasteiger partial charge on any atom is 0.313 e. The van der Waals surface area contributed by atoms with Gasteiger partial charge in [-0.1, -0.05) is 64.5 Å². The van der Waals surface area contributed by atoms with Gasteiger partial charge in [-0.2, -0.15) is 0 Å². The molecule has 170 valence electrons. The summed E-state index contributed by atoms with van der Waals surface area (Å²) in [5.41, 5.74) is 5.62. The summed E-state index contributed by atoms with van der Waals surface area (Å²) in [6, 6.07) is 12.5. The highest BCUT2D eigenvalue weighted by molar-refractivity contribution is 5.78. The molecule has 0 bridgehead atoms. The van der Waals surface area contributed by atoms with Gasteiger partial charge in [-0.25, -0.2) is 0 Å². The first kappa shape index (κ1) is 23.9. The molecule has 0 N–H and O–H groups in total. The van der Waals surface area contributed by atoms with Crippen LogP contribution in [0.5, 0.6) is 5.75 Å². The van der Waals surface area contributed by atoms with Crippen molar-refractivity contribution in [3.8, 4) is 17.6 Å². The van der Waals surface area contributed by atoms with Crippen LogP contribution >= 0.6 is 0 Å². The fourth-order valence-corrected chi connectivity index (χ4v) is 4.30. The molecule has 1 heterocycles. The third kappa shape index (κ3) is 5.54. The van der Waals surface area contributed by atoms with Gasteiger partial charge in [-0.15, -0.1) is 0 Å². The monoisotopic (exact) mass is 432 g/mol. The molecule has 0 saturated carbocycles. The summed E-state index contributed by atoms with van der Waals surface area (Å²) in [5, 5.41) is 0. The lowest BCUT2D eigenvalue weighted by atomic mass is 9.78. The Morgan fingerprint density at radius 1 is 1.09 bits per heavy atom. The molecule has 1 aliphatic heterocycles. The number of hydrogen-bond donors (Lipinski definition) is 0. The van der Waals surface area contributed by atoms with E-state index in [1.54, 1.807) is 0 Å². The Morgan fingerprint density at radius 2 is 1.84 bits per heavy atom. The Hall–Kier alpha value is -2.73. The van der Waals surface area contributed by atoms with Gasteiger partial charge in [0, 0.05) is 16.7 Å². The normalized spacial score (nSPS) is 15.0. The number of carbonyl (C=O) groups is 1. The average molecular weight is 433 g/mol. The number of ether oxygens (including phenoxy) is 2. The highest BCUT2D eigenvalue weighted by Crippen LogP contribution is 2.40. The Labute approximate surface area is 193 Å². The predicted octanol–water partition coefficient (Wildman–Crippen LogP) is 6.55. The lowest BCUT2D eigenvalue weighted by Crippen LogP contribution is -2.27. The van der Waals surface area contributed by atoms with Gasteiger partial charge in [-0.3, -0.25) is 4.79 Å². The predicted molar refractivity (Wildman–Crippen MR) is 130 cm³/mol. The minimum atomic E-state index is -0.207. The van der Waals surface area contributed by atoms with Crippen molar-refractivity contribution in [1.29, 1.82) is 0 Å². The van der Waals surface area contributed by atoms with E-state index < -0.39 is 0 Å². The van der Waals surface area contributed by atoms with E-state index in [0.717, 1.165) is 61.2 Å². The van der Waals surface area contributed by atoms with Crippen molar-refractivity contribution in [3.63, 3.8) is 0 Å². The molecule has 0 spiro atoms. The van der Waals surface area contributed by atoms with Crippen molar-refractivity contribution < 1.29 is 14.3 Å². The van der Waals surface area contributed by atoms with Crippen molar-refractivity contribution in [2.75, 3.05) is 13.2 Å². The number of rotatable bonds is 7. The van der Waals surface area contributed by atoms with Gasteiger partial charge in [0.25, 0.3) is 0 Å². The fraction of sp³-hybridized carbons (Fsp3) is 0.483. The Balaban J connectivity index is 1.89. The third-order valence-electron chi connectivity index (χ3n) is 6.24. The van der Waals surface area contributed by atoms with E-state index >= 15 is 0 Å². The molecule has 3 heteroatoms. The first-order valence-electron chi connectivity index (χ1n) is 12.0. The van der Waals surface area contributed by atoms with Crippen LogP contribution in [0.15, 0.2) is 36.4 Å². The first-order chi connectivity index (χ1) is 15.4. The lowest BCUT2D eigenvalue weighted by Gasteiger charge is -2.33. The molecule has 2 aromatic carbocycles. The molecule has 0 aromatic heterocycles. The van der Waals surface area contributed by atoms with E-state index in [9.17, 15) is 4.79 Å². The van der Waals surface area contributed by atoms with Crippen LogP contribution < -0.4 is 4.74 Å². The maximum absolute atomic E-state index is 12.3. The van der Waals surface area contributed by atoms with Crippen LogP contribution in [0.25, 0.3) is 0 Å². The summed E-state index contributed by atoms with van der Waals surface area (Å²) in [4.78, 5) is 12.3. The van der Waals surface area contributed by atoms with E-state index in [1.807, 2.05) is 31.2 Å². The second-order valence-electron chi connectivity index (χ2n) is 9.20. The molecular formula is C29H36O3. The highest BCUT2D eigenvalue weighted by Gasteiger charge is 2.29. The highest BCUT2D eigenvalue weighted by atomic mass is 16.5. The second-order valence-corrected chi connectivity index (χ2v) is 9.20. The molecule has 3 rings (SSSR count). The second kappa shape index (κ2) is 10.7. The number of aryl methyl sites for hydroxylation is 1. The van der Waals surface area contributed by atoms with Crippen molar-refractivity contribution >= 4 is 5.97 Å². The summed E-state index contributed by atoms with van der Waals surface area (Å²) >= 11 is 0. The summed E-state index contributed by atoms with van der Waals surface area (Å²) in [5.74, 6) is 7.43. The Morgan fingerprint density at radius 3 is 2.50 bits per heavy atom. The van der Waals surface area contributed by atoms with Crippen molar-refractivity contribution in [3.05, 3.63) is 64.2 Å². The quantitative estimate of drug-likeness (QED) is 0.368. The van der Waals surface area contributed by atoms with Crippen molar-refractivity contribution in [2.24, 2.45) is 0 Å². The third-order valence-corrected chi connectivity index (χ3v) is 6.24. The molecule has 32 heavy (non-hydrogen) atoms. The van der Waals surface area contributed by atoms with Gasteiger partial charge < -0.3 is 9.47 Å². The Kier molecular flexibility index (Phi) is 8.02. The number of hydrogen-bond acceptors (Lipinski definition) is 3. The summed E-state index contributed by atoms with van der Waals surface area (Å²) in [7, 11) is 0. The zero-order chi connectivity index (χ0) is 23.1. The molecule has 0 radical (unpaired) electrons. The number of carbonyl (C=O) groups excluding carboxylic acids is 1. The van der Waals surface area contributed by atoms with Crippen molar-refractivity contribution in [1.82, 2.24) is 0 Å². The van der Waals surface area contributed by atoms with Crippen LogP contribution in [0.2, 0.25) is 0 Å². The van der Waals surface area contributed by atoms with E-state index in [-0.39, 0.29) is 17.3 Å². The zero-order valence-corrected chi connectivity index (χ0v) is 20.2. The molecule has 1 atom stereocenters. The molecule has 1 aliphatic rings. The molecule has 0 fully saturated rings. The molecule has 3 nitrogen and oxygen atoms in total. The summed E-state index contributed by atoms with van der Waals surface area (Å²) < 4.78 is 11.2. The fourth-order valence-electron chi connectivity index (χ4n) is 4.30. The maximum atomic E-state index is 12.3. The van der Waals surface area contributed by atoms with E-state index in [0.29, 0.717) is 6.61 Å². The number of benzene rings is 2. The van der Waals surface area contributed by atoms with E-state index in [2.05, 4.69) is 51.7 Å².